The minimum Gasteiger partial charge on any atom is -0.467 e. The minimum absolute atomic E-state index is 0.262. The maximum absolute atomic E-state index is 4.99. The van der Waals surface area contributed by atoms with E-state index in [9.17, 15) is 0 Å². The van der Waals surface area contributed by atoms with Crippen molar-refractivity contribution < 1.29 is 9.47 Å². The number of hydrogen-bond acceptors (Lipinski definition) is 6. The first kappa shape index (κ1) is 11.9. The van der Waals surface area contributed by atoms with Crippen LogP contribution in [0.25, 0.3) is 0 Å². The third kappa shape index (κ3) is 2.75. The molecule has 0 amide bonds. The summed E-state index contributed by atoms with van der Waals surface area (Å²) < 4.78 is 9.97. The van der Waals surface area contributed by atoms with E-state index < -0.39 is 0 Å². The molecule has 1 heterocycles. The van der Waals surface area contributed by atoms with Gasteiger partial charge in [-0.15, -0.1) is 4.98 Å². The van der Waals surface area contributed by atoms with Crippen LogP contribution < -0.4 is 14.8 Å². The summed E-state index contributed by atoms with van der Waals surface area (Å²) in [5.41, 5.74) is 0.368. The zero-order valence-corrected chi connectivity index (χ0v) is 10.5. The van der Waals surface area contributed by atoms with Crippen LogP contribution in [0.15, 0.2) is 0 Å². The first-order valence-corrected chi connectivity index (χ1v) is 5.73. The Balaban J connectivity index is 2.03. The molecule has 2 rings (SSSR count). The van der Waals surface area contributed by atoms with Crippen LogP contribution in [0, 0.1) is 5.41 Å². The van der Waals surface area contributed by atoms with Crippen LogP contribution in [0.4, 0.5) is 5.95 Å². The molecule has 0 saturated heterocycles. The molecule has 0 spiro atoms. The monoisotopic (exact) mass is 238 g/mol. The highest BCUT2D eigenvalue weighted by molar-refractivity contribution is 5.28. The topological polar surface area (TPSA) is 69.2 Å². The van der Waals surface area contributed by atoms with Crippen LogP contribution in [-0.4, -0.2) is 35.7 Å². The lowest BCUT2D eigenvalue weighted by molar-refractivity contribution is 0.179. The van der Waals surface area contributed by atoms with Crippen molar-refractivity contribution in [1.29, 1.82) is 0 Å². The Morgan fingerprint density at radius 1 is 1.12 bits per heavy atom. The zero-order valence-electron chi connectivity index (χ0n) is 10.5. The number of aromatic nitrogens is 3. The molecule has 1 fully saturated rings. The van der Waals surface area contributed by atoms with Crippen LogP contribution in [0.2, 0.25) is 0 Å². The quantitative estimate of drug-likeness (QED) is 0.838. The van der Waals surface area contributed by atoms with Gasteiger partial charge in [0, 0.05) is 6.54 Å². The maximum Gasteiger partial charge on any atom is 0.324 e. The van der Waals surface area contributed by atoms with E-state index in [1.165, 1.54) is 33.5 Å². The van der Waals surface area contributed by atoms with E-state index in [-0.39, 0.29) is 12.0 Å². The normalized spacial score (nSPS) is 17.1. The molecule has 94 valence electrons. The van der Waals surface area contributed by atoms with Gasteiger partial charge in [-0.25, -0.2) is 0 Å². The van der Waals surface area contributed by atoms with Gasteiger partial charge in [-0.2, -0.15) is 9.97 Å². The summed E-state index contributed by atoms with van der Waals surface area (Å²) >= 11 is 0. The predicted molar refractivity (Wildman–Crippen MR) is 63.4 cm³/mol. The van der Waals surface area contributed by atoms with Crippen molar-refractivity contribution in [2.24, 2.45) is 5.41 Å². The van der Waals surface area contributed by atoms with Crippen molar-refractivity contribution >= 4 is 5.95 Å². The molecule has 6 nitrogen and oxygen atoms in total. The molecule has 1 aromatic rings. The van der Waals surface area contributed by atoms with Crippen molar-refractivity contribution in [3.8, 4) is 12.0 Å². The zero-order chi connectivity index (χ0) is 12.3. The van der Waals surface area contributed by atoms with Gasteiger partial charge in [-0.1, -0.05) is 13.3 Å². The van der Waals surface area contributed by atoms with Crippen molar-refractivity contribution in [3.05, 3.63) is 0 Å². The number of nitrogens with one attached hydrogen (secondary N) is 1. The average molecular weight is 238 g/mol. The van der Waals surface area contributed by atoms with Crippen molar-refractivity contribution in [2.75, 3.05) is 26.1 Å². The highest BCUT2D eigenvalue weighted by Crippen LogP contribution is 2.40. The molecule has 0 radical (unpaired) electrons. The molecule has 17 heavy (non-hydrogen) atoms. The second kappa shape index (κ2) is 4.73. The molecule has 1 saturated carbocycles. The Labute approximate surface area is 101 Å². The second-order valence-electron chi connectivity index (χ2n) is 4.65. The molecular weight excluding hydrogens is 220 g/mol. The van der Waals surface area contributed by atoms with Gasteiger partial charge in [0.15, 0.2) is 0 Å². The number of ether oxygens (including phenoxy) is 2. The Bertz CT molecular complexity index is 371. The Morgan fingerprint density at radius 2 is 1.71 bits per heavy atom. The molecule has 1 N–H and O–H groups in total. The summed E-state index contributed by atoms with van der Waals surface area (Å²) in [6, 6.07) is 0.524. The smallest absolute Gasteiger partial charge is 0.324 e. The molecule has 0 bridgehead atoms. The number of hydrogen-bond donors (Lipinski definition) is 1. The van der Waals surface area contributed by atoms with Gasteiger partial charge < -0.3 is 14.8 Å². The molecule has 0 aliphatic heterocycles. The lowest BCUT2D eigenvalue weighted by Crippen LogP contribution is -2.33. The molecule has 6 heteroatoms. The van der Waals surface area contributed by atoms with Crippen LogP contribution in [-0.2, 0) is 0 Å². The summed E-state index contributed by atoms with van der Waals surface area (Å²) in [4.78, 5) is 12.2. The van der Waals surface area contributed by atoms with Crippen molar-refractivity contribution in [3.63, 3.8) is 0 Å². The summed E-state index contributed by atoms with van der Waals surface area (Å²) in [7, 11) is 3.04. The number of nitrogens with zero attached hydrogens (tertiary/aromatic N) is 3. The minimum atomic E-state index is 0.262. The number of methoxy groups -OCH3 is 2. The van der Waals surface area contributed by atoms with E-state index in [1.807, 2.05) is 0 Å². The van der Waals surface area contributed by atoms with E-state index in [0.29, 0.717) is 11.4 Å². The van der Waals surface area contributed by atoms with E-state index >= 15 is 0 Å². The molecule has 0 aromatic carbocycles. The van der Waals surface area contributed by atoms with E-state index in [2.05, 4.69) is 27.2 Å². The fraction of sp³-hybridized carbons (Fsp3) is 0.727. The Kier molecular flexibility index (Phi) is 3.31. The van der Waals surface area contributed by atoms with Gasteiger partial charge >= 0.3 is 12.0 Å². The summed E-state index contributed by atoms with van der Waals surface area (Å²) in [5.74, 6) is 0.502. The largest absolute Gasteiger partial charge is 0.467 e. The molecule has 0 atom stereocenters. The van der Waals surface area contributed by atoms with Gasteiger partial charge in [0.05, 0.1) is 14.2 Å². The second-order valence-corrected chi connectivity index (χ2v) is 4.65. The average Bonchev–Trinajstić information content (AvgIpc) is 2.33. The Hall–Kier alpha value is -1.59. The van der Waals surface area contributed by atoms with E-state index in [4.69, 9.17) is 9.47 Å². The summed E-state index contributed by atoms with van der Waals surface area (Å²) in [6.45, 7) is 3.13. The third-order valence-electron chi connectivity index (χ3n) is 3.19. The van der Waals surface area contributed by atoms with Crippen LogP contribution in [0.1, 0.15) is 26.2 Å². The van der Waals surface area contributed by atoms with Crippen molar-refractivity contribution in [2.45, 2.75) is 26.2 Å². The summed E-state index contributed by atoms with van der Waals surface area (Å²) in [6.07, 6.45) is 3.81. The number of rotatable bonds is 5. The van der Waals surface area contributed by atoms with Gasteiger partial charge in [0.25, 0.3) is 0 Å². The fourth-order valence-corrected chi connectivity index (χ4v) is 1.85. The van der Waals surface area contributed by atoms with E-state index in [1.54, 1.807) is 0 Å². The van der Waals surface area contributed by atoms with E-state index in [0.717, 1.165) is 6.54 Å². The molecule has 1 aliphatic carbocycles. The van der Waals surface area contributed by atoms with Gasteiger partial charge in [-0.05, 0) is 18.3 Å². The maximum atomic E-state index is 4.99. The predicted octanol–water partition coefficient (Wildman–Crippen LogP) is 1.49. The standard InChI is InChI=1S/C11H18N4O2/c1-11(5-4-6-11)7-12-8-13-9(16-2)15-10(14-8)17-3/h4-7H2,1-3H3,(H,12,13,14,15). The highest BCUT2D eigenvalue weighted by atomic mass is 16.5. The molecular formula is C11H18N4O2. The van der Waals surface area contributed by atoms with Gasteiger partial charge in [0.1, 0.15) is 0 Å². The van der Waals surface area contributed by atoms with Gasteiger partial charge in [0.2, 0.25) is 5.95 Å². The lowest BCUT2D eigenvalue weighted by Gasteiger charge is -2.38. The molecule has 1 aromatic heterocycles. The fourth-order valence-electron chi connectivity index (χ4n) is 1.85. The Morgan fingerprint density at radius 3 is 2.12 bits per heavy atom. The number of anilines is 1. The third-order valence-corrected chi connectivity index (χ3v) is 3.19. The van der Waals surface area contributed by atoms with Crippen LogP contribution >= 0.6 is 0 Å². The summed E-state index contributed by atoms with van der Waals surface area (Å²) in [5, 5.41) is 3.21. The highest BCUT2D eigenvalue weighted by Gasteiger charge is 2.31. The van der Waals surface area contributed by atoms with Crippen LogP contribution in [0.3, 0.4) is 0 Å². The van der Waals surface area contributed by atoms with Crippen molar-refractivity contribution in [1.82, 2.24) is 15.0 Å². The van der Waals surface area contributed by atoms with Gasteiger partial charge in [-0.3, -0.25) is 0 Å². The molecule has 0 unspecified atom stereocenters. The SMILES string of the molecule is COc1nc(NCC2(C)CCC2)nc(OC)n1. The first-order valence-electron chi connectivity index (χ1n) is 5.73. The first-order chi connectivity index (χ1) is 8.15. The lowest BCUT2D eigenvalue weighted by atomic mass is 9.70. The molecule has 1 aliphatic rings. The van der Waals surface area contributed by atoms with Crippen LogP contribution in [0.5, 0.6) is 12.0 Å².